The minimum absolute atomic E-state index is 0.485. The summed E-state index contributed by atoms with van der Waals surface area (Å²) >= 11 is 0. The first-order valence-corrected chi connectivity index (χ1v) is 6.85. The lowest BCUT2D eigenvalue weighted by atomic mass is 9.97. The maximum absolute atomic E-state index is 9.91. The third-order valence-electron chi connectivity index (χ3n) is 4.32. The van der Waals surface area contributed by atoms with Gasteiger partial charge in [-0.3, -0.25) is 4.90 Å². The van der Waals surface area contributed by atoms with Crippen molar-refractivity contribution in [1.29, 1.82) is 0 Å². The molecule has 0 bridgehead atoms. The van der Waals surface area contributed by atoms with Crippen molar-refractivity contribution < 1.29 is 5.11 Å². The van der Waals surface area contributed by atoms with E-state index in [2.05, 4.69) is 11.0 Å². The summed E-state index contributed by atoms with van der Waals surface area (Å²) in [6.07, 6.45) is 6.74. The third kappa shape index (κ3) is 2.32. The zero-order chi connectivity index (χ0) is 11.7. The van der Waals surface area contributed by atoms with E-state index in [1.54, 1.807) is 0 Å². The highest BCUT2D eigenvalue weighted by Crippen LogP contribution is 2.30. The van der Waals surface area contributed by atoms with Crippen LogP contribution in [0.15, 0.2) is 18.2 Å². The van der Waals surface area contributed by atoms with Gasteiger partial charge in [0.1, 0.15) is 5.75 Å². The number of fused-ring (bicyclic) bond motifs is 1. The summed E-state index contributed by atoms with van der Waals surface area (Å²) in [7, 11) is 0. The Balaban J connectivity index is 1.69. The lowest BCUT2D eigenvalue weighted by Gasteiger charge is -2.31. The fourth-order valence-electron chi connectivity index (χ4n) is 3.33. The first-order valence-electron chi connectivity index (χ1n) is 6.85. The minimum Gasteiger partial charge on any atom is -0.508 e. The minimum atomic E-state index is 0.485. The summed E-state index contributed by atoms with van der Waals surface area (Å²) in [5.41, 5.74) is 2.50. The van der Waals surface area contributed by atoms with E-state index >= 15 is 0 Å². The van der Waals surface area contributed by atoms with E-state index in [1.807, 2.05) is 12.1 Å². The predicted molar refractivity (Wildman–Crippen MR) is 69.0 cm³/mol. The summed E-state index contributed by atoms with van der Waals surface area (Å²) < 4.78 is 0. The number of nitrogens with zero attached hydrogens (tertiary/aromatic N) is 1. The van der Waals surface area contributed by atoms with Crippen LogP contribution in [0.25, 0.3) is 0 Å². The molecule has 2 heteroatoms. The van der Waals surface area contributed by atoms with Crippen molar-refractivity contribution in [2.45, 2.75) is 38.6 Å². The maximum atomic E-state index is 9.91. The molecule has 1 aromatic rings. The summed E-state index contributed by atoms with van der Waals surface area (Å²) in [6.45, 7) is 3.33. The molecule has 1 aliphatic heterocycles. The molecule has 3 rings (SSSR count). The second kappa shape index (κ2) is 4.69. The number of hydrogen-bond acceptors (Lipinski definition) is 2. The normalized spacial score (nSPS) is 21.6. The molecular weight excluding hydrogens is 210 g/mol. The number of hydrogen-bond donors (Lipinski definition) is 1. The molecule has 17 heavy (non-hydrogen) atoms. The van der Waals surface area contributed by atoms with Gasteiger partial charge in [0.25, 0.3) is 0 Å². The zero-order valence-electron chi connectivity index (χ0n) is 10.4. The van der Waals surface area contributed by atoms with Gasteiger partial charge in [-0.2, -0.15) is 0 Å². The second-order valence-corrected chi connectivity index (χ2v) is 5.55. The van der Waals surface area contributed by atoms with Crippen LogP contribution >= 0.6 is 0 Å². The van der Waals surface area contributed by atoms with Gasteiger partial charge in [0.2, 0.25) is 0 Å². The van der Waals surface area contributed by atoms with Gasteiger partial charge in [0.05, 0.1) is 0 Å². The smallest absolute Gasteiger partial charge is 0.120 e. The van der Waals surface area contributed by atoms with Crippen molar-refractivity contribution in [3.8, 4) is 5.75 Å². The first kappa shape index (κ1) is 11.1. The molecule has 0 radical (unpaired) electrons. The predicted octanol–water partition coefficient (Wildman–Crippen LogP) is 2.94. The SMILES string of the molecule is Oc1cccc2c1CN(CC1CCCC1)CC2. The number of phenolic OH excluding ortho intramolecular Hbond substituents is 1. The monoisotopic (exact) mass is 231 g/mol. The fourth-order valence-corrected chi connectivity index (χ4v) is 3.33. The standard InChI is InChI=1S/C15H21NO/c17-15-7-3-6-13-8-9-16(11-14(13)15)10-12-4-1-2-5-12/h3,6-7,12,17H,1-2,4-5,8-11H2. The molecule has 1 aromatic carbocycles. The summed E-state index contributed by atoms with van der Waals surface area (Å²) in [5, 5.41) is 9.91. The van der Waals surface area contributed by atoms with E-state index in [-0.39, 0.29) is 0 Å². The Morgan fingerprint density at radius 2 is 2.06 bits per heavy atom. The molecule has 0 aromatic heterocycles. The molecule has 1 N–H and O–H groups in total. The molecule has 1 saturated carbocycles. The Kier molecular flexibility index (Phi) is 3.06. The van der Waals surface area contributed by atoms with Crippen molar-refractivity contribution in [2.24, 2.45) is 5.92 Å². The summed E-state index contributed by atoms with van der Waals surface area (Å²) in [6, 6.07) is 5.93. The summed E-state index contributed by atoms with van der Waals surface area (Å²) in [4.78, 5) is 2.53. The van der Waals surface area contributed by atoms with Crippen LogP contribution in [0.2, 0.25) is 0 Å². The van der Waals surface area contributed by atoms with Crippen LogP contribution in [0.5, 0.6) is 5.75 Å². The van der Waals surface area contributed by atoms with Crippen molar-refractivity contribution in [3.05, 3.63) is 29.3 Å². The molecule has 0 atom stereocenters. The topological polar surface area (TPSA) is 23.5 Å². The molecule has 1 heterocycles. The summed E-state index contributed by atoms with van der Waals surface area (Å²) in [5.74, 6) is 1.39. The van der Waals surface area contributed by atoms with Gasteiger partial charge in [-0.05, 0) is 36.8 Å². The van der Waals surface area contributed by atoms with Crippen LogP contribution in [0.3, 0.4) is 0 Å². The van der Waals surface area contributed by atoms with E-state index in [9.17, 15) is 5.11 Å². The van der Waals surface area contributed by atoms with Gasteiger partial charge in [-0.15, -0.1) is 0 Å². The van der Waals surface area contributed by atoms with Crippen molar-refractivity contribution in [1.82, 2.24) is 4.90 Å². The molecular formula is C15H21NO. The van der Waals surface area contributed by atoms with E-state index in [0.717, 1.165) is 31.0 Å². The van der Waals surface area contributed by atoms with Crippen molar-refractivity contribution in [2.75, 3.05) is 13.1 Å². The lowest BCUT2D eigenvalue weighted by molar-refractivity contribution is 0.212. The molecule has 0 amide bonds. The first-order chi connectivity index (χ1) is 8.33. The highest BCUT2D eigenvalue weighted by atomic mass is 16.3. The van der Waals surface area contributed by atoms with Crippen LogP contribution in [-0.4, -0.2) is 23.1 Å². The average Bonchev–Trinajstić information content (AvgIpc) is 2.83. The highest BCUT2D eigenvalue weighted by Gasteiger charge is 2.23. The van der Waals surface area contributed by atoms with Gasteiger partial charge in [0, 0.05) is 25.2 Å². The van der Waals surface area contributed by atoms with Crippen LogP contribution in [0, 0.1) is 5.92 Å². The Morgan fingerprint density at radius 1 is 1.24 bits per heavy atom. The van der Waals surface area contributed by atoms with Crippen LogP contribution in [0.1, 0.15) is 36.8 Å². The van der Waals surface area contributed by atoms with Gasteiger partial charge in [-0.1, -0.05) is 25.0 Å². The molecule has 0 saturated heterocycles. The molecule has 0 spiro atoms. The van der Waals surface area contributed by atoms with Crippen LogP contribution < -0.4 is 0 Å². The molecule has 2 aliphatic rings. The number of aromatic hydroxyl groups is 1. The van der Waals surface area contributed by atoms with E-state index in [1.165, 1.54) is 37.8 Å². The number of phenols is 1. The quantitative estimate of drug-likeness (QED) is 0.846. The van der Waals surface area contributed by atoms with Crippen molar-refractivity contribution in [3.63, 3.8) is 0 Å². The van der Waals surface area contributed by atoms with E-state index in [0.29, 0.717) is 5.75 Å². The Morgan fingerprint density at radius 3 is 2.88 bits per heavy atom. The molecule has 1 aliphatic carbocycles. The largest absolute Gasteiger partial charge is 0.508 e. The number of benzene rings is 1. The maximum Gasteiger partial charge on any atom is 0.120 e. The Bertz CT molecular complexity index is 396. The molecule has 0 unspecified atom stereocenters. The van der Waals surface area contributed by atoms with E-state index in [4.69, 9.17) is 0 Å². The van der Waals surface area contributed by atoms with Gasteiger partial charge in [-0.25, -0.2) is 0 Å². The van der Waals surface area contributed by atoms with Crippen LogP contribution in [0.4, 0.5) is 0 Å². The highest BCUT2D eigenvalue weighted by molar-refractivity contribution is 5.40. The molecule has 1 fully saturated rings. The average molecular weight is 231 g/mol. The fraction of sp³-hybridized carbons (Fsp3) is 0.600. The van der Waals surface area contributed by atoms with Crippen molar-refractivity contribution >= 4 is 0 Å². The number of rotatable bonds is 2. The molecule has 92 valence electrons. The van der Waals surface area contributed by atoms with Gasteiger partial charge >= 0.3 is 0 Å². The Labute approximate surface area is 103 Å². The Hall–Kier alpha value is -1.02. The second-order valence-electron chi connectivity index (χ2n) is 5.55. The lowest BCUT2D eigenvalue weighted by Crippen LogP contribution is -2.34. The van der Waals surface area contributed by atoms with Crippen LogP contribution in [-0.2, 0) is 13.0 Å². The third-order valence-corrected chi connectivity index (χ3v) is 4.32. The van der Waals surface area contributed by atoms with Gasteiger partial charge < -0.3 is 5.11 Å². The van der Waals surface area contributed by atoms with E-state index < -0.39 is 0 Å². The zero-order valence-corrected chi connectivity index (χ0v) is 10.4. The van der Waals surface area contributed by atoms with Gasteiger partial charge in [0.15, 0.2) is 0 Å². The molecule has 2 nitrogen and oxygen atoms in total.